The van der Waals surface area contributed by atoms with Crippen LogP contribution in [0.3, 0.4) is 0 Å². The lowest BCUT2D eigenvalue weighted by molar-refractivity contribution is 0.186. The average molecular weight is 430 g/mol. The molecule has 1 heterocycles. The quantitative estimate of drug-likeness (QED) is 0.596. The molecule has 0 atom stereocenters. The largest absolute Gasteiger partial charge is 0.497 e. The van der Waals surface area contributed by atoms with E-state index in [1.165, 1.54) is 18.7 Å². The second-order valence-electron chi connectivity index (χ2n) is 7.87. The number of methoxy groups -OCH3 is 2. The third kappa shape index (κ3) is 7.14. The molecule has 1 fully saturated rings. The van der Waals surface area contributed by atoms with Gasteiger partial charge in [0.2, 0.25) is 0 Å². The molecule has 1 aliphatic rings. The van der Waals surface area contributed by atoms with Crippen molar-refractivity contribution in [3.05, 3.63) is 59.4 Å². The lowest BCUT2D eigenvalue weighted by Crippen LogP contribution is -2.47. The van der Waals surface area contributed by atoms with E-state index in [1.54, 1.807) is 13.2 Å². The van der Waals surface area contributed by atoms with E-state index in [1.807, 2.05) is 30.3 Å². The van der Waals surface area contributed by atoms with E-state index in [2.05, 4.69) is 15.5 Å². The molecule has 0 saturated carbocycles. The van der Waals surface area contributed by atoms with Gasteiger partial charge in [0.15, 0.2) is 11.6 Å². The van der Waals surface area contributed by atoms with E-state index in [4.69, 9.17) is 9.47 Å². The summed E-state index contributed by atoms with van der Waals surface area (Å²) >= 11 is 0. The number of likely N-dealkylation sites (tertiary alicyclic amines) is 1. The Bertz CT molecular complexity index is 836. The Kier molecular flexibility index (Phi) is 8.53. The molecule has 6 nitrogen and oxygen atoms in total. The van der Waals surface area contributed by atoms with Crippen molar-refractivity contribution in [2.75, 3.05) is 33.9 Å². The minimum absolute atomic E-state index is 0.106. The van der Waals surface area contributed by atoms with Gasteiger partial charge in [-0.25, -0.2) is 9.18 Å². The summed E-state index contributed by atoms with van der Waals surface area (Å²) in [6.45, 7) is 3.08. The lowest BCUT2D eigenvalue weighted by atomic mass is 10.0. The zero-order chi connectivity index (χ0) is 22.1. The highest BCUT2D eigenvalue weighted by Gasteiger charge is 2.21. The third-order valence-electron chi connectivity index (χ3n) is 5.63. The first-order valence-electron chi connectivity index (χ1n) is 10.8. The van der Waals surface area contributed by atoms with Crippen molar-refractivity contribution < 1.29 is 18.7 Å². The molecule has 1 aliphatic heterocycles. The first-order valence-corrected chi connectivity index (χ1v) is 10.8. The van der Waals surface area contributed by atoms with Crippen LogP contribution in [0.1, 0.15) is 30.4 Å². The minimum Gasteiger partial charge on any atom is -0.497 e. The molecule has 7 heteroatoms. The summed E-state index contributed by atoms with van der Waals surface area (Å²) < 4.78 is 24.0. The molecule has 2 N–H and O–H groups in total. The molecule has 2 amide bonds. The van der Waals surface area contributed by atoms with Gasteiger partial charge in [0.25, 0.3) is 0 Å². The molecule has 1 saturated heterocycles. The summed E-state index contributed by atoms with van der Waals surface area (Å²) in [4.78, 5) is 14.5. The number of hydrogen-bond acceptors (Lipinski definition) is 4. The molecule has 0 aromatic heterocycles. The highest BCUT2D eigenvalue weighted by atomic mass is 19.1. The summed E-state index contributed by atoms with van der Waals surface area (Å²) in [6.07, 6.45) is 3.57. The molecule has 3 rings (SSSR count). The number of rotatable bonds is 9. The summed E-state index contributed by atoms with van der Waals surface area (Å²) in [7, 11) is 3.12. The maximum Gasteiger partial charge on any atom is 0.315 e. The van der Waals surface area contributed by atoms with E-state index in [-0.39, 0.29) is 23.6 Å². The van der Waals surface area contributed by atoms with Gasteiger partial charge in [-0.15, -0.1) is 0 Å². The summed E-state index contributed by atoms with van der Waals surface area (Å²) in [6, 6.07) is 13.2. The fourth-order valence-corrected chi connectivity index (χ4v) is 3.82. The molecule has 0 bridgehead atoms. The number of carbonyl (C=O) groups is 1. The van der Waals surface area contributed by atoms with Crippen LogP contribution in [0.15, 0.2) is 42.5 Å². The molecule has 2 aromatic rings. The fourth-order valence-electron chi connectivity index (χ4n) is 3.82. The van der Waals surface area contributed by atoms with Crippen LogP contribution < -0.4 is 20.1 Å². The first kappa shape index (κ1) is 22.9. The van der Waals surface area contributed by atoms with Gasteiger partial charge < -0.3 is 20.1 Å². The van der Waals surface area contributed by atoms with Crippen LogP contribution >= 0.6 is 0 Å². The fraction of sp³-hybridized carbons (Fsp3) is 0.458. The highest BCUT2D eigenvalue weighted by Crippen LogP contribution is 2.20. The average Bonchev–Trinajstić information content (AvgIpc) is 2.78. The topological polar surface area (TPSA) is 62.8 Å². The number of aryl methyl sites for hydroxylation is 1. The van der Waals surface area contributed by atoms with Crippen LogP contribution in [0.2, 0.25) is 0 Å². The van der Waals surface area contributed by atoms with E-state index < -0.39 is 0 Å². The number of halogens is 1. The highest BCUT2D eigenvalue weighted by molar-refractivity contribution is 5.74. The number of benzene rings is 2. The number of amides is 2. The smallest absolute Gasteiger partial charge is 0.315 e. The van der Waals surface area contributed by atoms with Gasteiger partial charge in [-0.3, -0.25) is 4.90 Å². The van der Waals surface area contributed by atoms with Crippen LogP contribution in [-0.2, 0) is 13.0 Å². The molecule has 0 spiro atoms. The predicted octanol–water partition coefficient (Wildman–Crippen LogP) is 3.74. The van der Waals surface area contributed by atoms with Gasteiger partial charge in [0.05, 0.1) is 14.2 Å². The van der Waals surface area contributed by atoms with Crippen molar-refractivity contribution in [1.29, 1.82) is 0 Å². The maximum absolute atomic E-state index is 13.9. The Morgan fingerprint density at radius 1 is 1.06 bits per heavy atom. The number of ether oxygens (including phenoxy) is 2. The molecule has 0 unspecified atom stereocenters. The van der Waals surface area contributed by atoms with Crippen molar-refractivity contribution in [2.45, 2.75) is 38.3 Å². The number of hydrogen-bond donors (Lipinski definition) is 2. The van der Waals surface area contributed by atoms with Crippen molar-refractivity contribution in [3.8, 4) is 11.5 Å². The molecule has 31 heavy (non-hydrogen) atoms. The van der Waals surface area contributed by atoms with Crippen molar-refractivity contribution in [1.82, 2.24) is 15.5 Å². The third-order valence-corrected chi connectivity index (χ3v) is 5.63. The standard InChI is InChI=1S/C24H32FN3O3/c1-30-21-8-5-18(6-9-21)4-3-13-26-24(29)27-20-11-14-28(15-12-20)17-19-7-10-23(31-2)22(25)16-19/h5-10,16,20H,3-4,11-15,17H2,1-2H3,(H2,26,27,29). The van der Waals surface area contributed by atoms with Crippen LogP contribution in [-0.4, -0.2) is 50.8 Å². The number of nitrogens with one attached hydrogen (secondary N) is 2. The normalized spacial score (nSPS) is 14.8. The number of piperidine rings is 1. The zero-order valence-corrected chi connectivity index (χ0v) is 18.3. The first-order chi connectivity index (χ1) is 15.1. The van der Waals surface area contributed by atoms with E-state index >= 15 is 0 Å². The van der Waals surface area contributed by atoms with Gasteiger partial charge in [0.1, 0.15) is 5.75 Å². The minimum atomic E-state index is -0.333. The molecule has 0 radical (unpaired) electrons. The van der Waals surface area contributed by atoms with Crippen molar-refractivity contribution in [2.24, 2.45) is 0 Å². The molecular formula is C24H32FN3O3. The second kappa shape index (κ2) is 11.6. The van der Waals surface area contributed by atoms with Crippen LogP contribution in [0.5, 0.6) is 11.5 Å². The van der Waals surface area contributed by atoms with Gasteiger partial charge in [-0.2, -0.15) is 0 Å². The maximum atomic E-state index is 13.9. The Balaban J connectivity index is 1.31. The lowest BCUT2D eigenvalue weighted by Gasteiger charge is -2.32. The van der Waals surface area contributed by atoms with Gasteiger partial charge in [-0.1, -0.05) is 18.2 Å². The van der Waals surface area contributed by atoms with Gasteiger partial charge in [-0.05, 0) is 61.1 Å². The molecule has 0 aliphatic carbocycles. The molecule has 168 valence electrons. The molecular weight excluding hydrogens is 397 g/mol. The monoisotopic (exact) mass is 429 g/mol. The Labute approximate surface area is 183 Å². The number of nitrogens with zero attached hydrogens (tertiary/aromatic N) is 1. The van der Waals surface area contributed by atoms with Gasteiger partial charge >= 0.3 is 6.03 Å². The SMILES string of the molecule is COc1ccc(CCCNC(=O)NC2CCN(Cc3ccc(OC)c(F)c3)CC2)cc1. The summed E-state index contributed by atoms with van der Waals surface area (Å²) in [5, 5.41) is 6.02. The van der Waals surface area contributed by atoms with E-state index in [0.29, 0.717) is 13.1 Å². The number of carbonyl (C=O) groups excluding carboxylic acids is 1. The van der Waals surface area contributed by atoms with Crippen LogP contribution in [0.4, 0.5) is 9.18 Å². The Morgan fingerprint density at radius 2 is 1.77 bits per heavy atom. The van der Waals surface area contributed by atoms with Gasteiger partial charge in [0, 0.05) is 32.2 Å². The predicted molar refractivity (Wildman–Crippen MR) is 119 cm³/mol. The number of urea groups is 1. The van der Waals surface area contributed by atoms with Crippen molar-refractivity contribution >= 4 is 6.03 Å². The Hall–Kier alpha value is -2.80. The summed E-state index contributed by atoms with van der Waals surface area (Å²) in [5.74, 6) is 0.783. The van der Waals surface area contributed by atoms with E-state index in [0.717, 1.165) is 50.1 Å². The van der Waals surface area contributed by atoms with E-state index in [9.17, 15) is 9.18 Å². The summed E-state index contributed by atoms with van der Waals surface area (Å²) in [5.41, 5.74) is 2.16. The Morgan fingerprint density at radius 3 is 2.42 bits per heavy atom. The van der Waals surface area contributed by atoms with Crippen LogP contribution in [0.25, 0.3) is 0 Å². The zero-order valence-electron chi connectivity index (χ0n) is 18.3. The molecule has 2 aromatic carbocycles. The van der Waals surface area contributed by atoms with Crippen molar-refractivity contribution in [3.63, 3.8) is 0 Å². The second-order valence-corrected chi connectivity index (χ2v) is 7.87. The van der Waals surface area contributed by atoms with Crippen LogP contribution in [0, 0.1) is 5.82 Å².